The van der Waals surface area contributed by atoms with Crippen LogP contribution in [-0.2, 0) is 17.8 Å². The van der Waals surface area contributed by atoms with Gasteiger partial charge in [-0.05, 0) is 47.0 Å². The molecule has 0 bridgehead atoms. The predicted octanol–water partition coefficient (Wildman–Crippen LogP) is 3.71. The highest BCUT2D eigenvalue weighted by atomic mass is 32.2. The van der Waals surface area contributed by atoms with Crippen LogP contribution in [0.3, 0.4) is 0 Å². The number of nitrogens with one attached hydrogen (secondary N) is 1. The van der Waals surface area contributed by atoms with Gasteiger partial charge in [-0.25, -0.2) is 0 Å². The molecule has 2 aromatic carbocycles. The lowest BCUT2D eigenvalue weighted by Crippen LogP contribution is -2.25. The molecule has 2 amide bonds. The Balaban J connectivity index is 1.47. The highest BCUT2D eigenvalue weighted by molar-refractivity contribution is 8.15. The van der Waals surface area contributed by atoms with Gasteiger partial charge in [-0.1, -0.05) is 42.1 Å². The van der Waals surface area contributed by atoms with Crippen LogP contribution in [0.5, 0.6) is 5.75 Å². The van der Waals surface area contributed by atoms with Crippen LogP contribution in [0, 0.1) is 0 Å². The molecule has 2 heterocycles. The maximum absolute atomic E-state index is 11.7. The second kappa shape index (κ2) is 7.17. The molecule has 6 heteroatoms. The van der Waals surface area contributed by atoms with E-state index in [0.29, 0.717) is 13.0 Å². The second-order valence-electron chi connectivity index (χ2n) is 6.04. The second-order valence-corrected chi connectivity index (χ2v) is 7.22. The number of rotatable bonds is 5. The van der Waals surface area contributed by atoms with Crippen LogP contribution in [0.1, 0.15) is 11.3 Å². The number of hydrogen-bond donors (Lipinski definition) is 1. The normalized spacial score (nSPS) is 16.7. The number of aromatic nitrogens is 1. The van der Waals surface area contributed by atoms with Crippen molar-refractivity contribution in [2.75, 3.05) is 0 Å². The van der Waals surface area contributed by atoms with E-state index in [2.05, 4.69) is 16.4 Å². The molecule has 0 radical (unpaired) electrons. The summed E-state index contributed by atoms with van der Waals surface area (Å²) in [5, 5.41) is 3.84. The minimum absolute atomic E-state index is 0.210. The minimum atomic E-state index is -0.346. The molecule has 1 saturated heterocycles. The van der Waals surface area contributed by atoms with E-state index < -0.39 is 0 Å². The van der Waals surface area contributed by atoms with Crippen LogP contribution in [0.15, 0.2) is 60.8 Å². The van der Waals surface area contributed by atoms with Crippen LogP contribution in [-0.4, -0.2) is 21.4 Å². The molecule has 0 saturated carbocycles. The zero-order valence-electron chi connectivity index (χ0n) is 13.8. The molecule has 0 aliphatic carbocycles. The first-order valence-corrected chi connectivity index (χ1v) is 9.12. The van der Waals surface area contributed by atoms with Gasteiger partial charge in [-0.15, -0.1) is 0 Å². The Morgan fingerprint density at radius 3 is 2.65 bits per heavy atom. The van der Waals surface area contributed by atoms with E-state index in [-0.39, 0.29) is 16.4 Å². The first kappa shape index (κ1) is 16.6. The number of hydrogen-bond acceptors (Lipinski definition) is 5. The molecule has 26 heavy (non-hydrogen) atoms. The van der Waals surface area contributed by atoms with E-state index in [1.54, 1.807) is 6.20 Å². The van der Waals surface area contributed by atoms with Crippen molar-refractivity contribution in [2.24, 2.45) is 0 Å². The van der Waals surface area contributed by atoms with Gasteiger partial charge in [0.15, 0.2) is 0 Å². The fraction of sp³-hybridized carbons (Fsp3) is 0.150. The molecular weight excluding hydrogens is 348 g/mol. The lowest BCUT2D eigenvalue weighted by molar-refractivity contribution is -0.118. The number of carbonyl (C=O) groups excluding carboxylic acids is 2. The third-order valence-corrected chi connectivity index (χ3v) is 5.16. The first-order valence-electron chi connectivity index (χ1n) is 8.24. The van der Waals surface area contributed by atoms with Crippen molar-refractivity contribution in [1.82, 2.24) is 10.3 Å². The summed E-state index contributed by atoms with van der Waals surface area (Å²) >= 11 is 1.06. The molecule has 1 aliphatic rings. The number of thioether (sulfide) groups is 1. The van der Waals surface area contributed by atoms with Crippen molar-refractivity contribution in [3.8, 4) is 5.75 Å². The summed E-state index contributed by atoms with van der Waals surface area (Å²) in [6, 6.07) is 17.7. The van der Waals surface area contributed by atoms with Gasteiger partial charge in [0.1, 0.15) is 12.4 Å². The fourth-order valence-electron chi connectivity index (χ4n) is 2.87. The van der Waals surface area contributed by atoms with Crippen molar-refractivity contribution < 1.29 is 14.3 Å². The molecule has 130 valence electrons. The quantitative estimate of drug-likeness (QED) is 0.747. The molecule has 3 aromatic rings. The van der Waals surface area contributed by atoms with E-state index in [1.165, 1.54) is 0 Å². The molecule has 5 nitrogen and oxygen atoms in total. The Morgan fingerprint density at radius 2 is 1.88 bits per heavy atom. The van der Waals surface area contributed by atoms with Crippen LogP contribution >= 0.6 is 11.8 Å². The van der Waals surface area contributed by atoms with Gasteiger partial charge < -0.3 is 4.74 Å². The van der Waals surface area contributed by atoms with Gasteiger partial charge in [0.05, 0.1) is 10.9 Å². The standard InChI is InChI=1S/C20H16N2O3S/c23-19-18(26-20(24)22-19)10-13-4-5-15-11-17(7-6-14(15)9-13)25-12-16-3-1-2-8-21-16/h1-9,11,18H,10,12H2,(H,22,23,24). The number of benzene rings is 2. The average molecular weight is 364 g/mol. The Labute approximate surface area is 154 Å². The predicted molar refractivity (Wildman–Crippen MR) is 101 cm³/mol. The number of carbonyl (C=O) groups is 2. The topological polar surface area (TPSA) is 68.3 Å². The Bertz CT molecular complexity index is 975. The molecular formula is C20H16N2O3S. The van der Waals surface area contributed by atoms with E-state index >= 15 is 0 Å². The van der Waals surface area contributed by atoms with Crippen molar-refractivity contribution in [1.29, 1.82) is 0 Å². The van der Waals surface area contributed by atoms with Gasteiger partial charge in [-0.3, -0.25) is 19.9 Å². The summed E-state index contributed by atoms with van der Waals surface area (Å²) in [6.45, 7) is 0.423. The highest BCUT2D eigenvalue weighted by Crippen LogP contribution is 2.26. The first-order chi connectivity index (χ1) is 12.7. The number of pyridine rings is 1. The molecule has 1 unspecified atom stereocenters. The van der Waals surface area contributed by atoms with Crippen molar-refractivity contribution >= 4 is 33.7 Å². The van der Waals surface area contributed by atoms with Crippen LogP contribution in [0.4, 0.5) is 4.79 Å². The largest absolute Gasteiger partial charge is 0.487 e. The average Bonchev–Trinajstić information content (AvgIpc) is 2.97. The number of imide groups is 1. The molecule has 1 aliphatic heterocycles. The van der Waals surface area contributed by atoms with Crippen molar-refractivity contribution in [3.63, 3.8) is 0 Å². The molecule has 4 rings (SSSR count). The lowest BCUT2D eigenvalue weighted by atomic mass is 10.0. The number of ether oxygens (including phenoxy) is 1. The van der Waals surface area contributed by atoms with E-state index in [4.69, 9.17) is 4.74 Å². The van der Waals surface area contributed by atoms with E-state index in [9.17, 15) is 9.59 Å². The van der Waals surface area contributed by atoms with Crippen molar-refractivity contribution in [2.45, 2.75) is 18.3 Å². The summed E-state index contributed by atoms with van der Waals surface area (Å²) in [6.07, 6.45) is 2.28. The zero-order valence-corrected chi connectivity index (χ0v) is 14.7. The molecule has 0 spiro atoms. The summed E-state index contributed by atoms with van der Waals surface area (Å²) < 4.78 is 5.81. The van der Waals surface area contributed by atoms with Gasteiger partial charge in [0.25, 0.3) is 5.24 Å². The number of amides is 2. The van der Waals surface area contributed by atoms with Crippen LogP contribution < -0.4 is 10.1 Å². The maximum atomic E-state index is 11.7. The summed E-state index contributed by atoms with van der Waals surface area (Å²) in [5.74, 6) is 0.575. The Morgan fingerprint density at radius 1 is 1.04 bits per heavy atom. The highest BCUT2D eigenvalue weighted by Gasteiger charge is 2.31. The number of nitrogens with zero attached hydrogens (tertiary/aromatic N) is 1. The van der Waals surface area contributed by atoms with Gasteiger partial charge >= 0.3 is 0 Å². The van der Waals surface area contributed by atoms with Gasteiger partial charge in [0, 0.05) is 6.20 Å². The summed E-state index contributed by atoms with van der Waals surface area (Å²) in [7, 11) is 0. The van der Waals surface area contributed by atoms with Crippen molar-refractivity contribution in [3.05, 3.63) is 72.1 Å². The SMILES string of the molecule is O=C1NC(=O)C(Cc2ccc3cc(OCc4ccccn4)ccc3c2)S1. The monoisotopic (exact) mass is 364 g/mol. The van der Waals surface area contributed by atoms with Crippen LogP contribution in [0.25, 0.3) is 10.8 Å². The Hall–Kier alpha value is -2.86. The molecule has 1 aromatic heterocycles. The molecule has 1 N–H and O–H groups in total. The summed E-state index contributed by atoms with van der Waals surface area (Å²) in [4.78, 5) is 27.2. The minimum Gasteiger partial charge on any atom is -0.487 e. The molecule has 1 atom stereocenters. The van der Waals surface area contributed by atoms with Crippen LogP contribution in [0.2, 0.25) is 0 Å². The summed E-state index contributed by atoms with van der Waals surface area (Å²) in [5.41, 5.74) is 1.91. The smallest absolute Gasteiger partial charge is 0.286 e. The zero-order chi connectivity index (χ0) is 17.9. The lowest BCUT2D eigenvalue weighted by Gasteiger charge is -2.09. The number of fused-ring (bicyclic) bond motifs is 1. The van der Waals surface area contributed by atoms with Gasteiger partial charge in [-0.2, -0.15) is 0 Å². The fourth-order valence-corrected chi connectivity index (χ4v) is 3.73. The molecule has 1 fully saturated rings. The van der Waals surface area contributed by atoms with E-state index in [1.807, 2.05) is 48.5 Å². The van der Waals surface area contributed by atoms with Gasteiger partial charge in [0.2, 0.25) is 5.91 Å². The van der Waals surface area contributed by atoms with E-state index in [0.717, 1.165) is 39.5 Å². The Kier molecular flexibility index (Phi) is 4.58. The maximum Gasteiger partial charge on any atom is 0.286 e. The third-order valence-electron chi connectivity index (χ3n) is 4.18. The third kappa shape index (κ3) is 3.70.